The molecular weight excluding hydrogens is 334 g/mol. The maximum Gasteiger partial charge on any atom is 0.337 e. The van der Waals surface area contributed by atoms with Gasteiger partial charge in [-0.15, -0.1) is 0 Å². The molecule has 0 fully saturated rings. The summed E-state index contributed by atoms with van der Waals surface area (Å²) in [6.45, 7) is 2.35. The Morgan fingerprint density at radius 3 is 2.58 bits per heavy atom. The Balaban J connectivity index is 1.77. The molecule has 0 aromatic heterocycles. The monoisotopic (exact) mass is 355 g/mol. The lowest BCUT2D eigenvalue weighted by atomic mass is 10.2. The SMILES string of the molecule is COC(=O)c1ccc(O[C@@H](C)C(=O)N2CCc3ccccc32)c(OC)c1. The minimum absolute atomic E-state index is 0.117. The number of carbonyl (C=O) groups is 2. The molecule has 0 spiro atoms. The number of methoxy groups -OCH3 is 2. The predicted molar refractivity (Wildman–Crippen MR) is 96.9 cm³/mol. The minimum Gasteiger partial charge on any atom is -0.493 e. The van der Waals surface area contributed by atoms with Gasteiger partial charge < -0.3 is 19.1 Å². The van der Waals surface area contributed by atoms with Crippen LogP contribution in [0.25, 0.3) is 0 Å². The van der Waals surface area contributed by atoms with E-state index >= 15 is 0 Å². The molecule has 6 heteroatoms. The second-order valence-corrected chi connectivity index (χ2v) is 5.99. The molecule has 0 radical (unpaired) electrons. The number of amides is 1. The van der Waals surface area contributed by atoms with Crippen molar-refractivity contribution in [3.05, 3.63) is 53.6 Å². The second kappa shape index (κ2) is 7.47. The van der Waals surface area contributed by atoms with Crippen LogP contribution in [0.3, 0.4) is 0 Å². The molecule has 6 nitrogen and oxygen atoms in total. The van der Waals surface area contributed by atoms with Gasteiger partial charge in [-0.25, -0.2) is 4.79 Å². The Morgan fingerprint density at radius 1 is 1.08 bits per heavy atom. The summed E-state index contributed by atoms with van der Waals surface area (Å²) >= 11 is 0. The van der Waals surface area contributed by atoms with Crippen LogP contribution < -0.4 is 14.4 Å². The number of ether oxygens (including phenoxy) is 3. The van der Waals surface area contributed by atoms with Gasteiger partial charge >= 0.3 is 5.97 Å². The molecule has 3 rings (SSSR count). The van der Waals surface area contributed by atoms with E-state index in [2.05, 4.69) is 0 Å². The first kappa shape index (κ1) is 17.8. The quantitative estimate of drug-likeness (QED) is 0.772. The molecule has 1 aliphatic rings. The minimum atomic E-state index is -0.695. The van der Waals surface area contributed by atoms with Gasteiger partial charge in [0.15, 0.2) is 17.6 Å². The Morgan fingerprint density at radius 2 is 1.85 bits per heavy atom. The Labute approximate surface area is 152 Å². The fourth-order valence-electron chi connectivity index (χ4n) is 3.04. The van der Waals surface area contributed by atoms with Crippen LogP contribution in [0.15, 0.2) is 42.5 Å². The summed E-state index contributed by atoms with van der Waals surface area (Å²) in [4.78, 5) is 26.2. The molecule has 1 atom stereocenters. The van der Waals surface area contributed by atoms with E-state index in [1.165, 1.54) is 20.3 Å². The molecule has 26 heavy (non-hydrogen) atoms. The highest BCUT2D eigenvalue weighted by atomic mass is 16.5. The number of benzene rings is 2. The van der Waals surface area contributed by atoms with E-state index in [-0.39, 0.29) is 5.91 Å². The van der Waals surface area contributed by atoms with Crippen LogP contribution >= 0.6 is 0 Å². The molecule has 0 bridgehead atoms. The summed E-state index contributed by atoms with van der Waals surface area (Å²) in [5.41, 5.74) is 2.44. The van der Waals surface area contributed by atoms with Gasteiger partial charge in [0.25, 0.3) is 5.91 Å². The van der Waals surface area contributed by atoms with Crippen molar-refractivity contribution in [1.82, 2.24) is 0 Å². The molecule has 2 aromatic carbocycles. The van der Waals surface area contributed by atoms with Crippen LogP contribution in [0.2, 0.25) is 0 Å². The van der Waals surface area contributed by atoms with Gasteiger partial charge in [-0.05, 0) is 43.2 Å². The van der Waals surface area contributed by atoms with Gasteiger partial charge in [-0.1, -0.05) is 18.2 Å². The van der Waals surface area contributed by atoms with Gasteiger partial charge in [-0.3, -0.25) is 4.79 Å². The normalized spacial score (nSPS) is 13.7. The predicted octanol–water partition coefficient (Wildman–Crippen LogP) is 2.84. The lowest BCUT2D eigenvalue weighted by molar-refractivity contribution is -0.124. The van der Waals surface area contributed by atoms with Crippen molar-refractivity contribution >= 4 is 17.6 Å². The van der Waals surface area contributed by atoms with Crippen LogP contribution in [0.5, 0.6) is 11.5 Å². The van der Waals surface area contributed by atoms with E-state index in [1.807, 2.05) is 24.3 Å². The van der Waals surface area contributed by atoms with E-state index < -0.39 is 12.1 Å². The van der Waals surface area contributed by atoms with Gasteiger partial charge in [0, 0.05) is 12.2 Å². The first-order valence-electron chi connectivity index (χ1n) is 8.37. The zero-order valence-electron chi connectivity index (χ0n) is 15.0. The summed E-state index contributed by atoms with van der Waals surface area (Å²) in [6, 6.07) is 12.6. The van der Waals surface area contributed by atoms with E-state index in [9.17, 15) is 9.59 Å². The highest BCUT2D eigenvalue weighted by molar-refractivity contribution is 5.98. The zero-order chi connectivity index (χ0) is 18.7. The third-order valence-electron chi connectivity index (χ3n) is 4.39. The standard InChI is InChI=1S/C20H21NO5/c1-13(19(22)21-11-10-14-6-4-5-7-16(14)21)26-17-9-8-15(20(23)25-3)12-18(17)24-2/h4-9,12-13H,10-11H2,1-3H3/t13-/m0/s1. The number of hydrogen-bond acceptors (Lipinski definition) is 5. The van der Waals surface area contributed by atoms with Crippen molar-refractivity contribution in [3.63, 3.8) is 0 Å². The molecule has 2 aromatic rings. The summed E-state index contributed by atoms with van der Waals surface area (Å²) in [7, 11) is 2.79. The van der Waals surface area contributed by atoms with Crippen LogP contribution in [0.4, 0.5) is 5.69 Å². The van der Waals surface area contributed by atoms with Crippen LogP contribution in [0, 0.1) is 0 Å². The average Bonchev–Trinajstić information content (AvgIpc) is 3.11. The molecule has 136 valence electrons. The Kier molecular flexibility index (Phi) is 5.11. The first-order chi connectivity index (χ1) is 12.5. The third-order valence-corrected chi connectivity index (χ3v) is 4.39. The maximum atomic E-state index is 12.8. The number of nitrogens with zero attached hydrogens (tertiary/aromatic N) is 1. The molecule has 1 aliphatic heterocycles. The molecule has 1 heterocycles. The summed E-state index contributed by atoms with van der Waals surface area (Å²) in [6.07, 6.45) is 0.144. The number of para-hydroxylation sites is 1. The van der Waals surface area contributed by atoms with Gasteiger partial charge in [0.2, 0.25) is 0 Å². The van der Waals surface area contributed by atoms with E-state index in [0.29, 0.717) is 23.6 Å². The highest BCUT2D eigenvalue weighted by Crippen LogP contribution is 2.31. The van der Waals surface area contributed by atoms with Crippen molar-refractivity contribution in [1.29, 1.82) is 0 Å². The number of anilines is 1. The smallest absolute Gasteiger partial charge is 0.337 e. The number of esters is 1. The lowest BCUT2D eigenvalue weighted by Gasteiger charge is -2.23. The van der Waals surface area contributed by atoms with E-state index in [4.69, 9.17) is 14.2 Å². The number of hydrogen-bond donors (Lipinski definition) is 0. The van der Waals surface area contributed by atoms with Crippen LogP contribution in [0.1, 0.15) is 22.8 Å². The molecular formula is C20H21NO5. The molecule has 0 unspecified atom stereocenters. The van der Waals surface area contributed by atoms with Crippen molar-refractivity contribution in [2.75, 3.05) is 25.7 Å². The summed E-state index contributed by atoms with van der Waals surface area (Å²) in [5, 5.41) is 0. The van der Waals surface area contributed by atoms with Crippen LogP contribution in [-0.4, -0.2) is 38.7 Å². The van der Waals surface area contributed by atoms with Crippen LogP contribution in [-0.2, 0) is 16.0 Å². The van der Waals surface area contributed by atoms with Crippen molar-refractivity contribution in [2.45, 2.75) is 19.4 Å². The van der Waals surface area contributed by atoms with Gasteiger partial charge in [0.05, 0.1) is 19.8 Å². The maximum absolute atomic E-state index is 12.8. The van der Waals surface area contributed by atoms with E-state index in [1.54, 1.807) is 24.0 Å². The molecule has 0 saturated heterocycles. The number of rotatable bonds is 5. The number of fused-ring (bicyclic) bond motifs is 1. The average molecular weight is 355 g/mol. The summed E-state index contributed by atoms with van der Waals surface area (Å²) in [5.74, 6) is 0.185. The van der Waals surface area contributed by atoms with Crippen molar-refractivity contribution in [3.8, 4) is 11.5 Å². The topological polar surface area (TPSA) is 65.1 Å². The lowest BCUT2D eigenvalue weighted by Crippen LogP contribution is -2.39. The Bertz CT molecular complexity index is 833. The molecule has 0 saturated carbocycles. The number of carbonyl (C=O) groups excluding carboxylic acids is 2. The third kappa shape index (κ3) is 3.35. The van der Waals surface area contributed by atoms with Gasteiger partial charge in [0.1, 0.15) is 0 Å². The zero-order valence-corrected chi connectivity index (χ0v) is 15.0. The first-order valence-corrected chi connectivity index (χ1v) is 8.37. The summed E-state index contributed by atoms with van der Waals surface area (Å²) < 4.78 is 15.8. The van der Waals surface area contributed by atoms with Crippen molar-refractivity contribution in [2.24, 2.45) is 0 Å². The second-order valence-electron chi connectivity index (χ2n) is 5.99. The van der Waals surface area contributed by atoms with Gasteiger partial charge in [-0.2, -0.15) is 0 Å². The molecule has 0 aliphatic carbocycles. The fourth-order valence-corrected chi connectivity index (χ4v) is 3.04. The molecule has 1 amide bonds. The highest BCUT2D eigenvalue weighted by Gasteiger charge is 2.29. The Hall–Kier alpha value is -3.02. The largest absolute Gasteiger partial charge is 0.493 e. The fraction of sp³-hybridized carbons (Fsp3) is 0.300. The van der Waals surface area contributed by atoms with Crippen molar-refractivity contribution < 1.29 is 23.8 Å². The molecule has 0 N–H and O–H groups in total. The van der Waals surface area contributed by atoms with E-state index in [0.717, 1.165) is 17.7 Å².